The van der Waals surface area contributed by atoms with E-state index in [-0.39, 0.29) is 18.0 Å². The Kier molecular flexibility index (Phi) is 6.47. The number of halogens is 2. The van der Waals surface area contributed by atoms with Gasteiger partial charge in [0.1, 0.15) is 0 Å². The second kappa shape index (κ2) is 8.84. The lowest BCUT2D eigenvalue weighted by atomic mass is 10.1. The highest BCUT2D eigenvalue weighted by Crippen LogP contribution is 2.26. The summed E-state index contributed by atoms with van der Waals surface area (Å²) in [4.78, 5) is 27.3. The van der Waals surface area contributed by atoms with E-state index in [0.717, 1.165) is 37.1 Å². The van der Waals surface area contributed by atoms with Crippen LogP contribution in [0.15, 0.2) is 36.4 Å². The van der Waals surface area contributed by atoms with Crippen LogP contribution in [0.25, 0.3) is 0 Å². The number of carbonyl (C=O) groups is 2. The van der Waals surface area contributed by atoms with Gasteiger partial charge in [-0.15, -0.1) is 0 Å². The molecule has 0 bridgehead atoms. The van der Waals surface area contributed by atoms with Gasteiger partial charge in [0.2, 0.25) is 0 Å². The number of nitrogens with one attached hydrogen (secondary N) is 2. The molecule has 2 aromatic rings. The third-order valence-electron chi connectivity index (χ3n) is 4.93. The van der Waals surface area contributed by atoms with Gasteiger partial charge in [-0.25, -0.2) is 4.79 Å². The van der Waals surface area contributed by atoms with Crippen LogP contribution in [-0.4, -0.2) is 29.9 Å². The highest BCUT2D eigenvalue weighted by atomic mass is 35.5. The van der Waals surface area contributed by atoms with E-state index in [1.54, 1.807) is 18.2 Å². The van der Waals surface area contributed by atoms with Crippen molar-refractivity contribution in [2.24, 2.45) is 0 Å². The van der Waals surface area contributed by atoms with Crippen LogP contribution >= 0.6 is 23.2 Å². The molecule has 1 unspecified atom stereocenters. The Bertz CT molecular complexity index is 895. The molecular formula is C21H23Cl2N3O2. The molecular weight excluding hydrogens is 397 g/mol. The van der Waals surface area contributed by atoms with Gasteiger partial charge < -0.3 is 15.5 Å². The standard InChI is InChI=1S/C21H23Cl2N3O2/c1-13-6-5-7-16(20(27)26-10-3-4-11-26)19(13)25-21(28)24-14(2)15-8-9-17(22)18(23)12-15/h5-9,12,14H,3-4,10-11H2,1-2H3,(H2,24,25,28). The third kappa shape index (κ3) is 4.59. The largest absolute Gasteiger partial charge is 0.339 e. The highest BCUT2D eigenvalue weighted by Gasteiger charge is 2.23. The summed E-state index contributed by atoms with van der Waals surface area (Å²) in [5.74, 6) is -0.0472. The Morgan fingerprint density at radius 1 is 1.07 bits per heavy atom. The van der Waals surface area contributed by atoms with Crippen LogP contribution in [-0.2, 0) is 0 Å². The van der Waals surface area contributed by atoms with Crippen molar-refractivity contribution in [2.45, 2.75) is 32.7 Å². The van der Waals surface area contributed by atoms with Crippen LogP contribution in [0.4, 0.5) is 10.5 Å². The highest BCUT2D eigenvalue weighted by molar-refractivity contribution is 6.42. The molecule has 1 aliphatic rings. The van der Waals surface area contributed by atoms with Crippen molar-refractivity contribution in [3.63, 3.8) is 0 Å². The van der Waals surface area contributed by atoms with E-state index in [1.807, 2.05) is 36.9 Å². The molecule has 28 heavy (non-hydrogen) atoms. The van der Waals surface area contributed by atoms with E-state index in [9.17, 15) is 9.59 Å². The lowest BCUT2D eigenvalue weighted by Crippen LogP contribution is -2.33. The number of hydrogen-bond donors (Lipinski definition) is 2. The molecule has 2 N–H and O–H groups in total. The first-order chi connectivity index (χ1) is 13.4. The normalized spacial score (nSPS) is 14.6. The molecule has 1 saturated heterocycles. The van der Waals surface area contributed by atoms with Gasteiger partial charge in [-0.05, 0) is 56.0 Å². The number of benzene rings is 2. The van der Waals surface area contributed by atoms with Crippen LogP contribution in [0.5, 0.6) is 0 Å². The molecule has 5 nitrogen and oxygen atoms in total. The summed E-state index contributed by atoms with van der Waals surface area (Å²) in [5, 5.41) is 6.63. The van der Waals surface area contributed by atoms with E-state index in [4.69, 9.17) is 23.2 Å². The lowest BCUT2D eigenvalue weighted by molar-refractivity contribution is 0.0794. The SMILES string of the molecule is Cc1cccc(C(=O)N2CCCC2)c1NC(=O)NC(C)c1ccc(Cl)c(Cl)c1. The Morgan fingerprint density at radius 3 is 2.46 bits per heavy atom. The molecule has 0 aromatic heterocycles. The third-order valence-corrected chi connectivity index (χ3v) is 5.67. The predicted octanol–water partition coefficient (Wildman–Crippen LogP) is 5.42. The average Bonchev–Trinajstić information content (AvgIpc) is 3.19. The van der Waals surface area contributed by atoms with Crippen molar-refractivity contribution in [2.75, 3.05) is 18.4 Å². The Morgan fingerprint density at radius 2 is 1.79 bits per heavy atom. The van der Waals surface area contributed by atoms with Crippen molar-refractivity contribution in [3.8, 4) is 0 Å². The van der Waals surface area contributed by atoms with Gasteiger partial charge in [0.25, 0.3) is 5.91 Å². The fourth-order valence-corrected chi connectivity index (χ4v) is 3.62. The minimum Gasteiger partial charge on any atom is -0.339 e. The fourth-order valence-electron chi connectivity index (χ4n) is 3.31. The minimum absolute atomic E-state index is 0.0472. The summed E-state index contributed by atoms with van der Waals surface area (Å²) in [5.41, 5.74) is 2.72. The van der Waals surface area contributed by atoms with Gasteiger partial charge in [0.15, 0.2) is 0 Å². The molecule has 0 radical (unpaired) electrons. The zero-order valence-corrected chi connectivity index (χ0v) is 17.4. The van der Waals surface area contributed by atoms with Gasteiger partial charge >= 0.3 is 6.03 Å². The molecule has 2 aromatic carbocycles. The van der Waals surface area contributed by atoms with E-state index >= 15 is 0 Å². The maximum Gasteiger partial charge on any atom is 0.319 e. The summed E-state index contributed by atoms with van der Waals surface area (Å²) < 4.78 is 0. The first-order valence-corrected chi connectivity index (χ1v) is 10.0. The zero-order chi connectivity index (χ0) is 20.3. The van der Waals surface area contributed by atoms with Crippen LogP contribution in [0.3, 0.4) is 0 Å². The molecule has 1 heterocycles. The molecule has 3 rings (SSSR count). The van der Waals surface area contributed by atoms with Gasteiger partial charge in [0.05, 0.1) is 27.3 Å². The second-order valence-electron chi connectivity index (χ2n) is 6.99. The number of hydrogen-bond acceptors (Lipinski definition) is 2. The summed E-state index contributed by atoms with van der Waals surface area (Å²) in [6.07, 6.45) is 2.03. The Hall–Kier alpha value is -2.24. The first-order valence-electron chi connectivity index (χ1n) is 9.28. The summed E-state index contributed by atoms with van der Waals surface area (Å²) >= 11 is 12.0. The number of aryl methyl sites for hydroxylation is 1. The summed E-state index contributed by atoms with van der Waals surface area (Å²) in [7, 11) is 0. The minimum atomic E-state index is -0.386. The maximum atomic E-state index is 12.8. The first kappa shape index (κ1) is 20.5. The monoisotopic (exact) mass is 419 g/mol. The van der Waals surface area contributed by atoms with Crippen molar-refractivity contribution >= 4 is 40.8 Å². The van der Waals surface area contributed by atoms with Crippen LogP contribution in [0.1, 0.15) is 47.3 Å². The van der Waals surface area contributed by atoms with Crippen LogP contribution < -0.4 is 10.6 Å². The van der Waals surface area contributed by atoms with Gasteiger partial charge in [-0.2, -0.15) is 0 Å². The molecule has 148 valence electrons. The molecule has 0 saturated carbocycles. The quantitative estimate of drug-likeness (QED) is 0.694. The molecule has 0 aliphatic carbocycles. The summed E-state index contributed by atoms with van der Waals surface area (Å²) in [6, 6.07) is 10.0. The van der Waals surface area contributed by atoms with Crippen molar-refractivity contribution < 1.29 is 9.59 Å². The Balaban J connectivity index is 1.74. The Labute approximate surface area is 175 Å². The van der Waals surface area contributed by atoms with Crippen LogP contribution in [0.2, 0.25) is 10.0 Å². The van der Waals surface area contributed by atoms with E-state index in [0.29, 0.717) is 21.3 Å². The maximum absolute atomic E-state index is 12.8. The number of carbonyl (C=O) groups excluding carboxylic acids is 2. The topological polar surface area (TPSA) is 61.4 Å². The number of anilines is 1. The molecule has 1 fully saturated rings. The number of likely N-dealkylation sites (tertiary alicyclic amines) is 1. The van der Waals surface area contributed by atoms with Gasteiger partial charge in [0, 0.05) is 13.1 Å². The van der Waals surface area contributed by atoms with Crippen molar-refractivity contribution in [3.05, 3.63) is 63.1 Å². The number of urea groups is 1. The van der Waals surface area contributed by atoms with Gasteiger partial charge in [-0.3, -0.25) is 4.79 Å². The van der Waals surface area contributed by atoms with Crippen LogP contribution in [0, 0.1) is 6.92 Å². The summed E-state index contributed by atoms with van der Waals surface area (Å²) in [6.45, 7) is 5.24. The van der Waals surface area contributed by atoms with E-state index in [1.165, 1.54) is 0 Å². The molecule has 0 spiro atoms. The zero-order valence-electron chi connectivity index (χ0n) is 15.9. The number of amides is 3. The number of para-hydroxylation sites is 1. The predicted molar refractivity (Wildman–Crippen MR) is 113 cm³/mol. The molecule has 3 amide bonds. The smallest absolute Gasteiger partial charge is 0.319 e. The molecule has 7 heteroatoms. The van der Waals surface area contributed by atoms with Crippen molar-refractivity contribution in [1.29, 1.82) is 0 Å². The van der Waals surface area contributed by atoms with Crippen molar-refractivity contribution in [1.82, 2.24) is 10.2 Å². The number of nitrogens with zero attached hydrogens (tertiary/aromatic N) is 1. The fraction of sp³-hybridized carbons (Fsp3) is 0.333. The average molecular weight is 420 g/mol. The molecule has 1 aliphatic heterocycles. The van der Waals surface area contributed by atoms with E-state index in [2.05, 4.69) is 10.6 Å². The van der Waals surface area contributed by atoms with Gasteiger partial charge in [-0.1, -0.05) is 41.4 Å². The second-order valence-corrected chi connectivity index (χ2v) is 7.80. The lowest BCUT2D eigenvalue weighted by Gasteiger charge is -2.20. The molecule has 1 atom stereocenters. The van der Waals surface area contributed by atoms with E-state index < -0.39 is 0 Å². The number of rotatable bonds is 4.